The minimum atomic E-state index is -1.14. The molecule has 2 aromatic rings. The largest absolute Gasteiger partial charge is 0.481 e. The van der Waals surface area contributed by atoms with Gasteiger partial charge in [0.25, 0.3) is 5.91 Å². The van der Waals surface area contributed by atoms with Crippen LogP contribution in [-0.2, 0) is 20.8 Å². The normalized spacial score (nSPS) is 15.2. The number of hydrogen-bond donors (Lipinski definition) is 2. The molecule has 0 saturated carbocycles. The van der Waals surface area contributed by atoms with E-state index >= 15 is 0 Å². The number of carbonyl (C=O) groups is 3. The highest BCUT2D eigenvalue weighted by Crippen LogP contribution is 2.27. The summed E-state index contributed by atoms with van der Waals surface area (Å²) in [6.45, 7) is 0.484. The number of rotatable bonds is 6. The van der Waals surface area contributed by atoms with E-state index in [-0.39, 0.29) is 17.2 Å². The van der Waals surface area contributed by atoms with Crippen molar-refractivity contribution in [2.45, 2.75) is 31.7 Å². The molecule has 28 heavy (non-hydrogen) atoms. The number of hydrogen-bond acceptors (Lipinski definition) is 3. The van der Waals surface area contributed by atoms with Gasteiger partial charge in [-0.25, -0.2) is 4.39 Å². The SMILES string of the molecule is O=C(O)Cc1ccc(NC(=O)C(c2ccccc2)N2CCCCC2=O)cc1F. The van der Waals surface area contributed by atoms with E-state index < -0.39 is 30.2 Å². The van der Waals surface area contributed by atoms with Gasteiger partial charge in [0.15, 0.2) is 0 Å². The molecule has 0 spiro atoms. The Labute approximate surface area is 162 Å². The van der Waals surface area contributed by atoms with Crippen LogP contribution in [0.25, 0.3) is 0 Å². The maximum atomic E-state index is 14.1. The maximum absolute atomic E-state index is 14.1. The zero-order valence-corrected chi connectivity index (χ0v) is 15.2. The van der Waals surface area contributed by atoms with Crippen LogP contribution >= 0.6 is 0 Å². The first-order chi connectivity index (χ1) is 13.5. The van der Waals surface area contributed by atoms with Gasteiger partial charge < -0.3 is 15.3 Å². The Hall–Kier alpha value is -3.22. The molecule has 146 valence electrons. The van der Waals surface area contributed by atoms with Crippen LogP contribution < -0.4 is 5.32 Å². The molecule has 0 radical (unpaired) electrons. The van der Waals surface area contributed by atoms with Crippen LogP contribution in [0.5, 0.6) is 0 Å². The number of likely N-dealkylation sites (tertiary alicyclic amines) is 1. The number of nitrogens with zero attached hydrogens (tertiary/aromatic N) is 1. The molecule has 2 N–H and O–H groups in total. The van der Waals surface area contributed by atoms with Crippen molar-refractivity contribution in [2.24, 2.45) is 0 Å². The zero-order valence-electron chi connectivity index (χ0n) is 15.2. The van der Waals surface area contributed by atoms with E-state index in [4.69, 9.17) is 5.11 Å². The van der Waals surface area contributed by atoms with E-state index in [0.29, 0.717) is 18.5 Å². The predicted molar refractivity (Wildman–Crippen MR) is 101 cm³/mol. The molecule has 2 aromatic carbocycles. The standard InChI is InChI=1S/C21H21FN2O4/c22-17-13-16(10-9-15(17)12-19(26)27)23-21(28)20(14-6-2-1-3-7-14)24-11-5-4-8-18(24)25/h1-3,6-7,9-10,13,20H,4-5,8,11-12H2,(H,23,28)(H,26,27). The number of anilines is 1. The number of carbonyl (C=O) groups excluding carboxylic acids is 2. The zero-order chi connectivity index (χ0) is 20.1. The minimum Gasteiger partial charge on any atom is -0.481 e. The molecule has 2 amide bonds. The molecule has 6 nitrogen and oxygen atoms in total. The van der Waals surface area contributed by atoms with Crippen molar-refractivity contribution in [3.8, 4) is 0 Å². The summed E-state index contributed by atoms with van der Waals surface area (Å²) in [5.41, 5.74) is 0.927. The average Bonchev–Trinajstić information content (AvgIpc) is 2.66. The number of amides is 2. The van der Waals surface area contributed by atoms with Crippen molar-refractivity contribution in [3.05, 3.63) is 65.5 Å². The van der Waals surface area contributed by atoms with Gasteiger partial charge in [-0.3, -0.25) is 14.4 Å². The second-order valence-corrected chi connectivity index (χ2v) is 6.72. The van der Waals surface area contributed by atoms with Crippen molar-refractivity contribution in [3.63, 3.8) is 0 Å². The van der Waals surface area contributed by atoms with Gasteiger partial charge >= 0.3 is 5.97 Å². The number of halogens is 1. The molecular weight excluding hydrogens is 363 g/mol. The number of carboxylic acids is 1. The third kappa shape index (κ3) is 4.54. The molecule has 1 atom stereocenters. The summed E-state index contributed by atoms with van der Waals surface area (Å²) in [5.74, 6) is -2.36. The fourth-order valence-corrected chi connectivity index (χ4v) is 3.35. The van der Waals surface area contributed by atoms with E-state index in [1.165, 1.54) is 12.1 Å². The Morgan fingerprint density at radius 3 is 2.54 bits per heavy atom. The molecule has 1 unspecified atom stereocenters. The maximum Gasteiger partial charge on any atom is 0.307 e. The van der Waals surface area contributed by atoms with Crippen LogP contribution in [0.15, 0.2) is 48.5 Å². The molecule has 1 saturated heterocycles. The van der Waals surface area contributed by atoms with Crippen LogP contribution in [0.2, 0.25) is 0 Å². The second kappa shape index (κ2) is 8.65. The Bertz CT molecular complexity index is 885. The smallest absolute Gasteiger partial charge is 0.307 e. The molecule has 0 aromatic heterocycles. The van der Waals surface area contributed by atoms with Gasteiger partial charge in [-0.1, -0.05) is 36.4 Å². The van der Waals surface area contributed by atoms with Crippen LogP contribution in [0.4, 0.5) is 10.1 Å². The first-order valence-electron chi connectivity index (χ1n) is 9.11. The van der Waals surface area contributed by atoms with E-state index in [1.54, 1.807) is 29.2 Å². The summed E-state index contributed by atoms with van der Waals surface area (Å²) in [4.78, 5) is 37.7. The van der Waals surface area contributed by atoms with Crippen molar-refractivity contribution in [1.82, 2.24) is 4.90 Å². The van der Waals surface area contributed by atoms with Gasteiger partial charge in [0, 0.05) is 18.7 Å². The summed E-state index contributed by atoms with van der Waals surface area (Å²) in [5, 5.41) is 11.5. The molecule has 3 rings (SSSR count). The van der Waals surface area contributed by atoms with Crippen LogP contribution in [0, 0.1) is 5.82 Å². The van der Waals surface area contributed by atoms with Gasteiger partial charge in [0.05, 0.1) is 6.42 Å². The lowest BCUT2D eigenvalue weighted by atomic mass is 10.00. The van der Waals surface area contributed by atoms with Crippen molar-refractivity contribution < 1.29 is 23.9 Å². The van der Waals surface area contributed by atoms with E-state index in [9.17, 15) is 18.8 Å². The van der Waals surface area contributed by atoms with Crippen molar-refractivity contribution >= 4 is 23.5 Å². The molecule has 0 bridgehead atoms. The monoisotopic (exact) mass is 384 g/mol. The quantitative estimate of drug-likeness (QED) is 0.801. The highest BCUT2D eigenvalue weighted by atomic mass is 19.1. The first-order valence-corrected chi connectivity index (χ1v) is 9.11. The molecular formula is C21H21FN2O4. The molecule has 1 aliphatic heterocycles. The molecule has 1 aliphatic rings. The third-order valence-corrected chi connectivity index (χ3v) is 4.70. The molecule has 7 heteroatoms. The highest BCUT2D eigenvalue weighted by molar-refractivity contribution is 5.98. The highest BCUT2D eigenvalue weighted by Gasteiger charge is 2.32. The van der Waals surface area contributed by atoms with Crippen molar-refractivity contribution in [1.29, 1.82) is 0 Å². The number of nitrogens with one attached hydrogen (secondary N) is 1. The Balaban J connectivity index is 1.84. The molecule has 1 fully saturated rings. The average molecular weight is 384 g/mol. The lowest BCUT2D eigenvalue weighted by molar-refractivity contribution is -0.141. The van der Waals surface area contributed by atoms with Crippen LogP contribution in [0.3, 0.4) is 0 Å². The lowest BCUT2D eigenvalue weighted by Crippen LogP contribution is -2.43. The number of aliphatic carboxylic acids is 1. The van der Waals surface area contributed by atoms with E-state index in [2.05, 4.69) is 5.32 Å². The third-order valence-electron chi connectivity index (χ3n) is 4.70. The first kappa shape index (κ1) is 19.5. The Morgan fingerprint density at radius 1 is 1.14 bits per heavy atom. The van der Waals surface area contributed by atoms with Crippen LogP contribution in [-0.4, -0.2) is 34.3 Å². The van der Waals surface area contributed by atoms with Crippen LogP contribution in [0.1, 0.15) is 36.4 Å². The number of carboxylic acid groups (broad SMARTS) is 1. The second-order valence-electron chi connectivity index (χ2n) is 6.72. The molecule has 0 aliphatic carbocycles. The summed E-state index contributed by atoms with van der Waals surface area (Å²) in [6.07, 6.45) is 1.58. The lowest BCUT2D eigenvalue weighted by Gasteiger charge is -2.34. The van der Waals surface area contributed by atoms with Gasteiger partial charge in [0.2, 0.25) is 5.91 Å². The topological polar surface area (TPSA) is 86.7 Å². The number of piperidine rings is 1. The predicted octanol–water partition coefficient (Wildman–Crippen LogP) is 3.15. The van der Waals surface area contributed by atoms with Gasteiger partial charge in [0.1, 0.15) is 11.9 Å². The fourth-order valence-electron chi connectivity index (χ4n) is 3.35. The number of benzene rings is 2. The Kier molecular flexibility index (Phi) is 6.03. The van der Waals surface area contributed by atoms with Gasteiger partial charge in [-0.15, -0.1) is 0 Å². The summed E-state index contributed by atoms with van der Waals surface area (Å²) >= 11 is 0. The van der Waals surface area contributed by atoms with Crippen molar-refractivity contribution in [2.75, 3.05) is 11.9 Å². The summed E-state index contributed by atoms with van der Waals surface area (Å²) in [6, 6.07) is 12.1. The van der Waals surface area contributed by atoms with E-state index in [0.717, 1.165) is 18.9 Å². The van der Waals surface area contributed by atoms with Gasteiger partial charge in [-0.05, 0) is 36.1 Å². The van der Waals surface area contributed by atoms with Gasteiger partial charge in [-0.2, -0.15) is 0 Å². The Morgan fingerprint density at radius 2 is 1.89 bits per heavy atom. The molecule has 1 heterocycles. The fraction of sp³-hybridized carbons (Fsp3) is 0.286. The summed E-state index contributed by atoms with van der Waals surface area (Å²) in [7, 11) is 0. The minimum absolute atomic E-state index is 0.0383. The van der Waals surface area contributed by atoms with E-state index in [1.807, 2.05) is 6.07 Å². The summed E-state index contributed by atoms with van der Waals surface area (Å²) < 4.78 is 14.1.